The fourth-order valence-electron chi connectivity index (χ4n) is 1.34. The van der Waals surface area contributed by atoms with Crippen molar-refractivity contribution in [1.82, 2.24) is 0 Å². The van der Waals surface area contributed by atoms with Crippen molar-refractivity contribution in [2.45, 2.75) is 6.10 Å². The third-order valence-electron chi connectivity index (χ3n) is 2.17. The Morgan fingerprint density at radius 1 is 1.32 bits per heavy atom. The molecule has 1 aromatic carbocycles. The lowest BCUT2D eigenvalue weighted by atomic mass is 10.2. The minimum atomic E-state index is -0.750. The highest BCUT2D eigenvalue weighted by Crippen LogP contribution is 2.31. The summed E-state index contributed by atoms with van der Waals surface area (Å²) in [4.78, 5) is 20.0. The maximum Gasteiger partial charge on any atom is 0.317 e. The lowest BCUT2D eigenvalue weighted by Gasteiger charge is -2.15. The van der Waals surface area contributed by atoms with Crippen LogP contribution in [0.3, 0.4) is 0 Å². The van der Waals surface area contributed by atoms with Gasteiger partial charge in [0.2, 0.25) is 0 Å². The first-order valence-electron chi connectivity index (χ1n) is 5.14. The summed E-state index contributed by atoms with van der Waals surface area (Å²) in [5.41, 5.74) is -0.867. The van der Waals surface area contributed by atoms with Crippen molar-refractivity contribution in [3.63, 3.8) is 0 Å². The molecule has 0 saturated heterocycles. The Balaban J connectivity index is 3.06. The number of benzene rings is 1. The molecule has 104 valence electrons. The molecular weight excluding hydrogens is 280 g/mol. The Morgan fingerprint density at radius 2 is 2.00 bits per heavy atom. The van der Waals surface area contributed by atoms with Gasteiger partial charge in [0.25, 0.3) is 5.69 Å². The molecule has 1 rings (SSSR count). The van der Waals surface area contributed by atoms with Crippen LogP contribution in [-0.2, 0) is 4.74 Å². The van der Waals surface area contributed by atoms with E-state index in [4.69, 9.17) is 21.1 Å². The van der Waals surface area contributed by atoms with Gasteiger partial charge in [-0.2, -0.15) is 0 Å². The van der Waals surface area contributed by atoms with Crippen LogP contribution in [0.4, 0.5) is 11.4 Å². The third kappa shape index (κ3) is 4.04. The van der Waals surface area contributed by atoms with Gasteiger partial charge in [0.15, 0.2) is 5.75 Å². The second-order valence-corrected chi connectivity index (χ2v) is 3.82. The van der Waals surface area contributed by atoms with Crippen LogP contribution in [0.5, 0.6) is 5.75 Å². The predicted molar refractivity (Wildman–Crippen MR) is 66.8 cm³/mol. The molecule has 0 heterocycles. The highest BCUT2D eigenvalue weighted by atomic mass is 35.5. The van der Waals surface area contributed by atoms with Crippen LogP contribution in [0.15, 0.2) is 18.2 Å². The van der Waals surface area contributed by atoms with E-state index in [2.05, 4.69) is 0 Å². The highest BCUT2D eigenvalue weighted by molar-refractivity contribution is 6.18. The number of hydrogen-bond donors (Lipinski definition) is 0. The largest absolute Gasteiger partial charge is 0.480 e. The number of ether oxygens (including phenoxy) is 2. The SMILES string of the molecule is COCC(CCl)Oc1ccc([N+](=O)[O-])cc1[N+](=O)[O-]. The summed E-state index contributed by atoms with van der Waals surface area (Å²) in [5, 5.41) is 21.4. The van der Waals surface area contributed by atoms with Crippen LogP contribution in [0.25, 0.3) is 0 Å². The number of nitrogens with zero attached hydrogens (tertiary/aromatic N) is 2. The van der Waals surface area contributed by atoms with Gasteiger partial charge in [-0.1, -0.05) is 0 Å². The van der Waals surface area contributed by atoms with Gasteiger partial charge in [0.1, 0.15) is 6.10 Å². The number of alkyl halides is 1. The Bertz CT molecular complexity index is 481. The van der Waals surface area contributed by atoms with Gasteiger partial charge in [-0.3, -0.25) is 20.2 Å². The zero-order valence-electron chi connectivity index (χ0n) is 9.95. The summed E-state index contributed by atoms with van der Waals surface area (Å²) in [6.45, 7) is 0.150. The molecular formula is C10H11ClN2O6. The number of halogens is 1. The van der Waals surface area contributed by atoms with Crippen molar-refractivity contribution < 1.29 is 19.3 Å². The summed E-state index contributed by atoms with van der Waals surface area (Å²) < 4.78 is 10.2. The maximum absolute atomic E-state index is 10.9. The number of rotatable bonds is 7. The summed E-state index contributed by atoms with van der Waals surface area (Å²) >= 11 is 5.63. The van der Waals surface area contributed by atoms with Gasteiger partial charge in [-0.05, 0) is 6.07 Å². The van der Waals surface area contributed by atoms with E-state index in [0.29, 0.717) is 0 Å². The average molecular weight is 291 g/mol. The van der Waals surface area contributed by atoms with Gasteiger partial charge in [0.05, 0.1) is 28.4 Å². The lowest BCUT2D eigenvalue weighted by molar-refractivity contribution is -0.394. The normalized spacial score (nSPS) is 11.9. The van der Waals surface area contributed by atoms with E-state index >= 15 is 0 Å². The molecule has 0 aromatic heterocycles. The average Bonchev–Trinajstić information content (AvgIpc) is 2.37. The molecule has 0 aliphatic heterocycles. The molecule has 0 aliphatic rings. The topological polar surface area (TPSA) is 105 Å². The second-order valence-electron chi connectivity index (χ2n) is 3.52. The minimum Gasteiger partial charge on any atom is -0.480 e. The van der Waals surface area contributed by atoms with E-state index in [1.165, 1.54) is 13.2 Å². The minimum absolute atomic E-state index is 0.0714. The van der Waals surface area contributed by atoms with Crippen LogP contribution < -0.4 is 4.74 Å². The number of non-ortho nitro benzene ring substituents is 1. The number of hydrogen-bond acceptors (Lipinski definition) is 6. The molecule has 0 fully saturated rings. The molecule has 8 nitrogen and oxygen atoms in total. The molecule has 0 aliphatic carbocycles. The first-order valence-corrected chi connectivity index (χ1v) is 5.67. The summed E-state index contributed by atoms with van der Waals surface area (Å²) in [5.74, 6) is -0.0135. The number of nitro benzene ring substituents is 2. The molecule has 0 spiro atoms. The molecule has 0 N–H and O–H groups in total. The van der Waals surface area contributed by atoms with Crippen molar-refractivity contribution in [1.29, 1.82) is 0 Å². The van der Waals surface area contributed by atoms with Gasteiger partial charge in [-0.15, -0.1) is 11.6 Å². The van der Waals surface area contributed by atoms with Crippen LogP contribution in [0.2, 0.25) is 0 Å². The first kappa shape index (κ1) is 15.1. The van der Waals surface area contributed by atoms with E-state index in [1.807, 2.05) is 0 Å². The molecule has 1 aromatic rings. The number of methoxy groups -OCH3 is 1. The smallest absolute Gasteiger partial charge is 0.317 e. The van der Waals surface area contributed by atoms with Gasteiger partial charge in [-0.25, -0.2) is 0 Å². The Labute approximate surface area is 113 Å². The zero-order chi connectivity index (χ0) is 14.4. The van der Waals surface area contributed by atoms with E-state index < -0.39 is 21.6 Å². The Kier molecular flexibility index (Phi) is 5.46. The van der Waals surface area contributed by atoms with Gasteiger partial charge < -0.3 is 9.47 Å². The van der Waals surface area contributed by atoms with Crippen molar-refractivity contribution in [3.8, 4) is 5.75 Å². The van der Waals surface area contributed by atoms with Crippen LogP contribution in [-0.4, -0.2) is 35.5 Å². The maximum atomic E-state index is 10.9. The van der Waals surface area contributed by atoms with E-state index in [0.717, 1.165) is 12.1 Å². The van der Waals surface area contributed by atoms with E-state index in [-0.39, 0.29) is 23.9 Å². The summed E-state index contributed by atoms with van der Waals surface area (Å²) in [6.07, 6.45) is -0.577. The van der Waals surface area contributed by atoms with E-state index in [1.54, 1.807) is 0 Å². The van der Waals surface area contributed by atoms with Crippen molar-refractivity contribution >= 4 is 23.0 Å². The zero-order valence-corrected chi connectivity index (χ0v) is 10.7. The second kappa shape index (κ2) is 6.86. The van der Waals surface area contributed by atoms with Gasteiger partial charge >= 0.3 is 5.69 Å². The fourth-order valence-corrected chi connectivity index (χ4v) is 1.49. The predicted octanol–water partition coefficient (Wildman–Crippen LogP) is 2.14. The molecule has 0 bridgehead atoms. The molecule has 1 unspecified atom stereocenters. The summed E-state index contributed by atoms with van der Waals surface area (Å²) in [7, 11) is 1.44. The van der Waals surface area contributed by atoms with Crippen molar-refractivity contribution in [2.24, 2.45) is 0 Å². The molecule has 1 atom stereocenters. The summed E-state index contributed by atoms with van der Waals surface area (Å²) in [6, 6.07) is 3.14. The number of nitro groups is 2. The molecule has 0 amide bonds. The molecule has 0 radical (unpaired) electrons. The van der Waals surface area contributed by atoms with E-state index in [9.17, 15) is 20.2 Å². The molecule has 19 heavy (non-hydrogen) atoms. The Morgan fingerprint density at radius 3 is 2.47 bits per heavy atom. The quantitative estimate of drug-likeness (QED) is 0.433. The highest BCUT2D eigenvalue weighted by Gasteiger charge is 2.22. The molecule has 0 saturated carbocycles. The standard InChI is InChI=1S/C10H11ClN2O6/c1-18-6-8(5-11)19-10-3-2-7(12(14)15)4-9(10)13(16)17/h2-4,8H,5-6H2,1H3. The van der Waals surface area contributed by atoms with Crippen molar-refractivity contribution in [2.75, 3.05) is 19.6 Å². The molecule has 9 heteroatoms. The first-order chi connectivity index (χ1) is 8.99. The monoisotopic (exact) mass is 290 g/mol. The Hall–Kier alpha value is -1.93. The van der Waals surface area contributed by atoms with Crippen LogP contribution in [0.1, 0.15) is 0 Å². The third-order valence-corrected chi connectivity index (χ3v) is 2.51. The van der Waals surface area contributed by atoms with Crippen molar-refractivity contribution in [3.05, 3.63) is 38.4 Å². The van der Waals surface area contributed by atoms with Crippen LogP contribution >= 0.6 is 11.6 Å². The van der Waals surface area contributed by atoms with Crippen LogP contribution in [0, 0.1) is 20.2 Å². The lowest BCUT2D eigenvalue weighted by Crippen LogP contribution is -2.24. The van der Waals surface area contributed by atoms with Gasteiger partial charge in [0, 0.05) is 13.2 Å². The fraction of sp³-hybridized carbons (Fsp3) is 0.400.